The van der Waals surface area contributed by atoms with Gasteiger partial charge < -0.3 is 10.5 Å². The van der Waals surface area contributed by atoms with Crippen LogP contribution in [0.15, 0.2) is 42.5 Å². The molecule has 0 saturated heterocycles. The van der Waals surface area contributed by atoms with Crippen LogP contribution in [0.1, 0.15) is 20.8 Å². The molecule has 2 aromatic carbocycles. The second-order valence-corrected chi connectivity index (χ2v) is 6.32. The summed E-state index contributed by atoms with van der Waals surface area (Å²) in [5.74, 6) is 0. The molecule has 3 N–H and O–H groups in total. The van der Waals surface area contributed by atoms with E-state index in [9.17, 15) is 4.79 Å². The van der Waals surface area contributed by atoms with Crippen LogP contribution in [0.5, 0.6) is 0 Å². The number of halogens is 1. The topological polar surface area (TPSA) is 64.3 Å². The summed E-state index contributed by atoms with van der Waals surface area (Å²) in [4.78, 5) is 11.8. The van der Waals surface area contributed by atoms with Gasteiger partial charge in [0.1, 0.15) is 5.60 Å². The molecule has 0 fully saturated rings. The highest BCUT2D eigenvalue weighted by atomic mass is 35.5. The van der Waals surface area contributed by atoms with Crippen LogP contribution >= 0.6 is 11.6 Å². The molecular formula is C17H19ClN2O2. The van der Waals surface area contributed by atoms with Crippen LogP contribution in [0.2, 0.25) is 5.02 Å². The van der Waals surface area contributed by atoms with Crippen molar-refractivity contribution in [2.45, 2.75) is 26.4 Å². The number of ether oxygens (including phenoxy) is 1. The van der Waals surface area contributed by atoms with Crippen molar-refractivity contribution < 1.29 is 9.53 Å². The van der Waals surface area contributed by atoms with Crippen molar-refractivity contribution in [2.75, 3.05) is 11.1 Å². The lowest BCUT2D eigenvalue weighted by atomic mass is 10.0. The third-order valence-electron chi connectivity index (χ3n) is 2.86. The summed E-state index contributed by atoms with van der Waals surface area (Å²) in [6.45, 7) is 5.38. The van der Waals surface area contributed by atoms with Gasteiger partial charge in [0.25, 0.3) is 0 Å². The molecular weight excluding hydrogens is 300 g/mol. The highest BCUT2D eigenvalue weighted by Crippen LogP contribution is 2.34. The van der Waals surface area contributed by atoms with Gasteiger partial charge >= 0.3 is 6.09 Å². The molecule has 0 bridgehead atoms. The number of rotatable bonds is 2. The maximum atomic E-state index is 11.8. The van der Waals surface area contributed by atoms with Crippen molar-refractivity contribution >= 4 is 29.1 Å². The quantitative estimate of drug-likeness (QED) is 0.771. The molecule has 0 heterocycles. The fraction of sp³-hybridized carbons (Fsp3) is 0.235. The van der Waals surface area contributed by atoms with Gasteiger partial charge in [-0.15, -0.1) is 0 Å². The van der Waals surface area contributed by atoms with E-state index >= 15 is 0 Å². The zero-order valence-corrected chi connectivity index (χ0v) is 13.6. The molecule has 0 aliphatic carbocycles. The Bertz CT molecular complexity index is 679. The molecule has 0 spiro atoms. The predicted molar refractivity (Wildman–Crippen MR) is 91.2 cm³/mol. The van der Waals surface area contributed by atoms with Crippen molar-refractivity contribution in [1.82, 2.24) is 0 Å². The van der Waals surface area contributed by atoms with Crippen molar-refractivity contribution in [3.8, 4) is 11.1 Å². The number of nitrogen functional groups attached to an aromatic ring is 1. The van der Waals surface area contributed by atoms with Gasteiger partial charge in [0.05, 0.1) is 16.4 Å². The molecule has 0 unspecified atom stereocenters. The van der Waals surface area contributed by atoms with Crippen molar-refractivity contribution in [3.05, 3.63) is 47.5 Å². The van der Waals surface area contributed by atoms with Crippen LogP contribution in [0.4, 0.5) is 16.2 Å². The minimum Gasteiger partial charge on any atom is -0.444 e. The first-order valence-corrected chi connectivity index (χ1v) is 7.28. The summed E-state index contributed by atoms with van der Waals surface area (Å²) < 4.78 is 5.20. The molecule has 0 aliphatic heterocycles. The second kappa shape index (κ2) is 6.28. The molecule has 0 aromatic heterocycles. The van der Waals surface area contributed by atoms with Gasteiger partial charge in [0.2, 0.25) is 0 Å². The first-order valence-electron chi connectivity index (χ1n) is 6.91. The van der Waals surface area contributed by atoms with E-state index in [4.69, 9.17) is 22.1 Å². The third kappa shape index (κ3) is 4.15. The summed E-state index contributed by atoms with van der Waals surface area (Å²) in [7, 11) is 0. The summed E-state index contributed by atoms with van der Waals surface area (Å²) in [5.41, 5.74) is 8.06. The molecule has 0 atom stereocenters. The minimum absolute atomic E-state index is 0.425. The van der Waals surface area contributed by atoms with Gasteiger partial charge in [-0.2, -0.15) is 0 Å². The molecule has 1 amide bonds. The molecule has 5 heteroatoms. The Labute approximate surface area is 135 Å². The number of carbonyl (C=O) groups is 1. The van der Waals surface area contributed by atoms with Crippen LogP contribution < -0.4 is 11.1 Å². The normalized spacial score (nSPS) is 11.1. The lowest BCUT2D eigenvalue weighted by molar-refractivity contribution is 0.0636. The summed E-state index contributed by atoms with van der Waals surface area (Å²) in [5, 5.41) is 3.12. The number of anilines is 2. The molecule has 2 rings (SSSR count). The zero-order valence-electron chi connectivity index (χ0n) is 12.8. The number of hydrogen-bond donors (Lipinski definition) is 2. The van der Waals surface area contributed by atoms with Gasteiger partial charge in [-0.05, 0) is 38.5 Å². The fourth-order valence-electron chi connectivity index (χ4n) is 1.95. The number of carbonyl (C=O) groups excluding carboxylic acids is 1. The van der Waals surface area contributed by atoms with E-state index < -0.39 is 11.7 Å². The zero-order chi connectivity index (χ0) is 16.3. The maximum absolute atomic E-state index is 11.8. The van der Waals surface area contributed by atoms with Crippen LogP contribution in [0.25, 0.3) is 11.1 Å². The predicted octanol–water partition coefficient (Wildman–Crippen LogP) is 4.94. The van der Waals surface area contributed by atoms with Crippen LogP contribution in [0, 0.1) is 0 Å². The van der Waals surface area contributed by atoms with Gasteiger partial charge in [0.15, 0.2) is 0 Å². The lowest BCUT2D eigenvalue weighted by Crippen LogP contribution is -2.27. The van der Waals surface area contributed by atoms with E-state index in [0.717, 1.165) is 11.1 Å². The summed E-state index contributed by atoms with van der Waals surface area (Å²) in [6.07, 6.45) is -0.567. The Kier molecular flexibility index (Phi) is 4.62. The van der Waals surface area contributed by atoms with Gasteiger partial charge in [0, 0.05) is 5.56 Å². The Morgan fingerprint density at radius 1 is 1.18 bits per heavy atom. The number of nitrogens with two attached hydrogens (primary N) is 1. The van der Waals surface area contributed by atoms with E-state index in [1.165, 1.54) is 0 Å². The minimum atomic E-state index is -0.577. The highest BCUT2D eigenvalue weighted by Gasteiger charge is 2.17. The monoisotopic (exact) mass is 318 g/mol. The average Bonchev–Trinajstić information content (AvgIpc) is 2.41. The van der Waals surface area contributed by atoms with Crippen molar-refractivity contribution in [2.24, 2.45) is 0 Å². The number of benzene rings is 2. The van der Waals surface area contributed by atoms with Crippen LogP contribution in [-0.4, -0.2) is 11.7 Å². The first-order chi connectivity index (χ1) is 10.3. The van der Waals surface area contributed by atoms with E-state index in [1.807, 2.05) is 30.3 Å². The highest BCUT2D eigenvalue weighted by molar-refractivity contribution is 6.34. The molecule has 116 valence electrons. The largest absolute Gasteiger partial charge is 0.444 e. The van der Waals surface area contributed by atoms with E-state index in [-0.39, 0.29) is 0 Å². The third-order valence-corrected chi connectivity index (χ3v) is 3.17. The first kappa shape index (κ1) is 16.2. The lowest BCUT2D eigenvalue weighted by Gasteiger charge is -2.20. The molecule has 4 nitrogen and oxygen atoms in total. The number of hydrogen-bond acceptors (Lipinski definition) is 3. The van der Waals surface area contributed by atoms with Gasteiger partial charge in [-0.25, -0.2) is 4.79 Å². The molecule has 0 radical (unpaired) electrons. The fourth-order valence-corrected chi connectivity index (χ4v) is 2.22. The average molecular weight is 319 g/mol. The Morgan fingerprint density at radius 3 is 2.41 bits per heavy atom. The molecule has 0 saturated carbocycles. The number of amides is 1. The summed E-state index contributed by atoms with van der Waals surface area (Å²) in [6, 6.07) is 13.0. The molecule has 2 aromatic rings. The number of nitrogens with one attached hydrogen (secondary N) is 1. The standard InChI is InChI=1S/C17H19ClN2O2/c1-17(2,3)22-16(21)20-15-10-13(18)12(9-14(15)19)11-7-5-4-6-8-11/h4-10H,19H2,1-3H3,(H,20,21). The van der Waals surface area contributed by atoms with Crippen molar-refractivity contribution in [1.29, 1.82) is 0 Å². The Hall–Kier alpha value is -2.20. The van der Waals surface area contributed by atoms with Gasteiger partial charge in [-0.1, -0.05) is 41.9 Å². The van der Waals surface area contributed by atoms with E-state index in [1.54, 1.807) is 32.9 Å². The molecule has 22 heavy (non-hydrogen) atoms. The summed E-state index contributed by atoms with van der Waals surface area (Å²) >= 11 is 6.30. The SMILES string of the molecule is CC(C)(C)OC(=O)Nc1cc(Cl)c(-c2ccccc2)cc1N. The Morgan fingerprint density at radius 2 is 1.82 bits per heavy atom. The smallest absolute Gasteiger partial charge is 0.412 e. The van der Waals surface area contributed by atoms with E-state index in [0.29, 0.717) is 16.4 Å². The molecule has 0 aliphatic rings. The Balaban J connectivity index is 2.26. The van der Waals surface area contributed by atoms with Crippen LogP contribution in [-0.2, 0) is 4.74 Å². The second-order valence-electron chi connectivity index (χ2n) is 5.91. The van der Waals surface area contributed by atoms with Gasteiger partial charge in [-0.3, -0.25) is 5.32 Å². The van der Waals surface area contributed by atoms with E-state index in [2.05, 4.69) is 5.32 Å². The van der Waals surface area contributed by atoms with Crippen molar-refractivity contribution in [3.63, 3.8) is 0 Å². The van der Waals surface area contributed by atoms with Crippen LogP contribution in [0.3, 0.4) is 0 Å². The maximum Gasteiger partial charge on any atom is 0.412 e.